The SMILES string of the molecule is CC(C)(C)CCCP1(=O)OCC(C)(C)CO1. The van der Waals surface area contributed by atoms with Crippen LogP contribution in [0.5, 0.6) is 0 Å². The lowest BCUT2D eigenvalue weighted by molar-refractivity contribution is 0.0412. The van der Waals surface area contributed by atoms with Gasteiger partial charge in [0, 0.05) is 5.41 Å². The molecule has 0 saturated carbocycles. The van der Waals surface area contributed by atoms with Crippen molar-refractivity contribution in [3.05, 3.63) is 0 Å². The first-order valence-corrected chi connectivity index (χ1v) is 7.73. The molecule has 0 aromatic rings. The van der Waals surface area contributed by atoms with Gasteiger partial charge in [0.25, 0.3) is 0 Å². The molecule has 1 heterocycles. The molecule has 0 unspecified atom stereocenters. The van der Waals surface area contributed by atoms with Crippen molar-refractivity contribution in [2.24, 2.45) is 10.8 Å². The van der Waals surface area contributed by atoms with Gasteiger partial charge in [-0.05, 0) is 18.3 Å². The summed E-state index contributed by atoms with van der Waals surface area (Å²) in [6.45, 7) is 11.8. The van der Waals surface area contributed by atoms with Gasteiger partial charge >= 0.3 is 7.60 Å². The monoisotopic (exact) mass is 248 g/mol. The Labute approximate surface area is 99.4 Å². The first-order chi connectivity index (χ1) is 7.12. The first-order valence-electron chi connectivity index (χ1n) is 6.00. The van der Waals surface area contributed by atoms with Gasteiger partial charge < -0.3 is 9.05 Å². The van der Waals surface area contributed by atoms with E-state index in [4.69, 9.17) is 9.05 Å². The quantitative estimate of drug-likeness (QED) is 0.706. The second kappa shape index (κ2) is 4.80. The van der Waals surface area contributed by atoms with Crippen molar-refractivity contribution in [3.8, 4) is 0 Å². The molecule has 1 aliphatic heterocycles. The van der Waals surface area contributed by atoms with E-state index in [1.54, 1.807) is 0 Å². The number of rotatable bonds is 3. The molecule has 0 radical (unpaired) electrons. The zero-order chi connectivity index (χ0) is 12.4. The zero-order valence-corrected chi connectivity index (χ0v) is 12.1. The van der Waals surface area contributed by atoms with Crippen LogP contribution in [0.3, 0.4) is 0 Å². The van der Waals surface area contributed by atoms with Gasteiger partial charge in [0.15, 0.2) is 0 Å². The molecule has 1 aliphatic rings. The molecule has 0 aromatic heterocycles. The highest BCUT2D eigenvalue weighted by Gasteiger charge is 2.36. The fraction of sp³-hybridized carbons (Fsp3) is 1.00. The van der Waals surface area contributed by atoms with Crippen LogP contribution in [-0.2, 0) is 13.6 Å². The summed E-state index contributed by atoms with van der Waals surface area (Å²) in [4.78, 5) is 0. The van der Waals surface area contributed by atoms with E-state index in [1.165, 1.54) is 0 Å². The molecule has 0 N–H and O–H groups in total. The van der Waals surface area contributed by atoms with E-state index < -0.39 is 7.60 Å². The van der Waals surface area contributed by atoms with Crippen molar-refractivity contribution in [2.75, 3.05) is 19.4 Å². The third-order valence-electron chi connectivity index (χ3n) is 2.66. The average molecular weight is 248 g/mol. The van der Waals surface area contributed by atoms with Gasteiger partial charge in [-0.2, -0.15) is 0 Å². The highest BCUT2D eigenvalue weighted by atomic mass is 31.2. The Kier molecular flexibility index (Phi) is 4.26. The van der Waals surface area contributed by atoms with Gasteiger partial charge in [-0.25, -0.2) is 0 Å². The lowest BCUT2D eigenvalue weighted by Gasteiger charge is -2.34. The lowest BCUT2D eigenvalue weighted by Crippen LogP contribution is -2.30. The molecule has 4 heteroatoms. The molecule has 0 atom stereocenters. The van der Waals surface area contributed by atoms with E-state index in [0.717, 1.165) is 12.8 Å². The van der Waals surface area contributed by atoms with Crippen LogP contribution in [0.1, 0.15) is 47.5 Å². The fourth-order valence-corrected chi connectivity index (χ4v) is 3.53. The van der Waals surface area contributed by atoms with Gasteiger partial charge in [0.2, 0.25) is 0 Å². The van der Waals surface area contributed by atoms with E-state index in [1.807, 2.05) is 0 Å². The van der Waals surface area contributed by atoms with E-state index >= 15 is 0 Å². The third kappa shape index (κ3) is 4.99. The Bertz CT molecular complexity index is 264. The van der Waals surface area contributed by atoms with Crippen molar-refractivity contribution in [1.29, 1.82) is 0 Å². The van der Waals surface area contributed by atoms with Gasteiger partial charge in [0.1, 0.15) is 0 Å². The van der Waals surface area contributed by atoms with Crippen LogP contribution in [-0.4, -0.2) is 19.4 Å². The van der Waals surface area contributed by atoms with Gasteiger partial charge in [-0.15, -0.1) is 0 Å². The highest BCUT2D eigenvalue weighted by molar-refractivity contribution is 7.53. The molecule has 16 heavy (non-hydrogen) atoms. The molecular weight excluding hydrogens is 223 g/mol. The molecule has 0 aromatic carbocycles. The topological polar surface area (TPSA) is 35.5 Å². The van der Waals surface area contributed by atoms with Crippen molar-refractivity contribution in [3.63, 3.8) is 0 Å². The van der Waals surface area contributed by atoms with Gasteiger partial charge in [-0.3, -0.25) is 4.57 Å². The summed E-state index contributed by atoms with van der Waals surface area (Å²) in [5.74, 6) is 0. The Hall–Kier alpha value is 0.150. The van der Waals surface area contributed by atoms with E-state index in [0.29, 0.717) is 19.4 Å². The Balaban J connectivity index is 2.35. The fourth-order valence-electron chi connectivity index (χ4n) is 1.56. The highest BCUT2D eigenvalue weighted by Crippen LogP contribution is 2.54. The van der Waals surface area contributed by atoms with E-state index in [9.17, 15) is 4.57 Å². The molecule has 0 aliphatic carbocycles. The Morgan fingerprint density at radius 3 is 2.12 bits per heavy atom. The van der Waals surface area contributed by atoms with Crippen LogP contribution in [0, 0.1) is 10.8 Å². The Morgan fingerprint density at radius 2 is 1.69 bits per heavy atom. The maximum atomic E-state index is 12.2. The van der Waals surface area contributed by atoms with Gasteiger partial charge in [0.05, 0.1) is 19.4 Å². The van der Waals surface area contributed by atoms with Crippen LogP contribution in [0.15, 0.2) is 0 Å². The molecule has 0 spiro atoms. The van der Waals surface area contributed by atoms with Gasteiger partial charge in [-0.1, -0.05) is 34.6 Å². The maximum absolute atomic E-state index is 12.2. The smallest absolute Gasteiger partial charge is 0.308 e. The Morgan fingerprint density at radius 1 is 1.19 bits per heavy atom. The molecular formula is C12H25O3P. The molecule has 1 saturated heterocycles. The summed E-state index contributed by atoms with van der Waals surface area (Å²) >= 11 is 0. The number of hydrogen-bond donors (Lipinski definition) is 0. The van der Waals surface area contributed by atoms with Crippen LogP contribution in [0.2, 0.25) is 0 Å². The standard InChI is InChI=1S/C12H25O3P/c1-11(2,3)7-6-8-16(13)14-9-12(4,5)10-15-16/h6-10H2,1-5H3. The van der Waals surface area contributed by atoms with E-state index in [2.05, 4.69) is 34.6 Å². The largest absolute Gasteiger partial charge is 0.330 e. The van der Waals surface area contributed by atoms with Crippen molar-refractivity contribution < 1.29 is 13.6 Å². The minimum absolute atomic E-state index is 0.00205. The summed E-state index contributed by atoms with van der Waals surface area (Å²) in [6, 6.07) is 0. The van der Waals surface area contributed by atoms with E-state index in [-0.39, 0.29) is 10.8 Å². The van der Waals surface area contributed by atoms with Crippen LogP contribution >= 0.6 is 7.60 Å². The molecule has 0 bridgehead atoms. The van der Waals surface area contributed by atoms with Crippen molar-refractivity contribution in [2.45, 2.75) is 47.5 Å². The normalized spacial score (nSPS) is 24.3. The number of hydrogen-bond acceptors (Lipinski definition) is 3. The first kappa shape index (κ1) is 14.2. The predicted octanol–water partition coefficient (Wildman–Crippen LogP) is 4.08. The predicted molar refractivity (Wildman–Crippen MR) is 66.8 cm³/mol. The summed E-state index contributed by atoms with van der Waals surface area (Å²) in [5, 5.41) is 0. The zero-order valence-electron chi connectivity index (χ0n) is 11.2. The van der Waals surface area contributed by atoms with Crippen molar-refractivity contribution in [1.82, 2.24) is 0 Å². The second-order valence-electron chi connectivity index (χ2n) is 6.71. The minimum atomic E-state index is -2.78. The minimum Gasteiger partial charge on any atom is -0.308 e. The second-order valence-corrected chi connectivity index (χ2v) is 8.90. The van der Waals surface area contributed by atoms with Crippen molar-refractivity contribution >= 4 is 7.60 Å². The van der Waals surface area contributed by atoms with Crippen LogP contribution in [0.4, 0.5) is 0 Å². The van der Waals surface area contributed by atoms with Crippen LogP contribution in [0.25, 0.3) is 0 Å². The molecule has 0 amide bonds. The molecule has 3 nitrogen and oxygen atoms in total. The lowest BCUT2D eigenvalue weighted by atomic mass is 9.91. The summed E-state index contributed by atoms with van der Waals surface area (Å²) in [5.41, 5.74) is 0.284. The maximum Gasteiger partial charge on any atom is 0.330 e. The molecule has 1 rings (SSSR count). The molecule has 96 valence electrons. The summed E-state index contributed by atoms with van der Waals surface area (Å²) in [6.07, 6.45) is 2.51. The average Bonchev–Trinajstić information content (AvgIpc) is 2.09. The summed E-state index contributed by atoms with van der Waals surface area (Å²) in [7, 11) is -2.78. The van der Waals surface area contributed by atoms with Crippen LogP contribution < -0.4 is 0 Å². The summed E-state index contributed by atoms with van der Waals surface area (Å²) < 4.78 is 23.0. The molecule has 1 fully saturated rings. The third-order valence-corrected chi connectivity index (χ3v) is 4.57.